The van der Waals surface area contributed by atoms with Gasteiger partial charge in [0.05, 0.1) is 13.7 Å². The van der Waals surface area contributed by atoms with Crippen LogP contribution in [0.25, 0.3) is 0 Å². The predicted octanol–water partition coefficient (Wildman–Crippen LogP) is 1.06. The number of carbonyl (C=O) groups is 2. The molecule has 4 nitrogen and oxygen atoms in total. The smallest absolute Gasteiger partial charge is 0.344 e. The van der Waals surface area contributed by atoms with Crippen LogP contribution >= 0.6 is 0 Å². The molecular weight excluding hydrogens is 172 g/mol. The molecule has 0 radical (unpaired) electrons. The quantitative estimate of drug-likeness (QED) is 0.212. The van der Waals surface area contributed by atoms with Crippen molar-refractivity contribution < 1.29 is 19.1 Å². The van der Waals surface area contributed by atoms with Gasteiger partial charge in [-0.05, 0) is 6.92 Å². The van der Waals surface area contributed by atoms with E-state index in [1.165, 1.54) is 7.11 Å². The summed E-state index contributed by atoms with van der Waals surface area (Å²) < 4.78 is 9.28. The van der Waals surface area contributed by atoms with Crippen molar-refractivity contribution in [3.05, 3.63) is 11.8 Å². The predicted molar refractivity (Wildman–Crippen MR) is 47.0 cm³/mol. The number of ether oxygens (including phenoxy) is 2. The van der Waals surface area contributed by atoms with Crippen LogP contribution < -0.4 is 0 Å². The normalized spacial score (nSPS) is 10.8. The van der Waals surface area contributed by atoms with E-state index in [0.717, 1.165) is 6.26 Å². The average molecular weight is 186 g/mol. The molecule has 0 saturated carbocycles. The van der Waals surface area contributed by atoms with Crippen LogP contribution in [0, 0.1) is 0 Å². The highest BCUT2D eigenvalue weighted by atomic mass is 16.5. The van der Waals surface area contributed by atoms with Crippen LogP contribution in [0.4, 0.5) is 0 Å². The first-order valence-electron chi connectivity index (χ1n) is 4.10. The summed E-state index contributed by atoms with van der Waals surface area (Å²) in [6, 6.07) is 0. The Morgan fingerprint density at radius 3 is 2.31 bits per heavy atom. The van der Waals surface area contributed by atoms with Crippen molar-refractivity contribution in [3.8, 4) is 0 Å². The van der Waals surface area contributed by atoms with Gasteiger partial charge in [0.2, 0.25) is 0 Å². The van der Waals surface area contributed by atoms with Gasteiger partial charge < -0.3 is 9.47 Å². The van der Waals surface area contributed by atoms with Crippen LogP contribution in [0.5, 0.6) is 0 Å². The maximum atomic E-state index is 11.2. The molecule has 0 amide bonds. The van der Waals surface area contributed by atoms with E-state index in [2.05, 4.69) is 4.74 Å². The van der Waals surface area contributed by atoms with Gasteiger partial charge >= 0.3 is 5.97 Å². The van der Waals surface area contributed by atoms with Crippen LogP contribution in [0.1, 0.15) is 20.3 Å². The summed E-state index contributed by atoms with van der Waals surface area (Å²) in [6.07, 6.45) is 1.41. The number of hydrogen-bond donors (Lipinski definition) is 0. The van der Waals surface area contributed by atoms with Gasteiger partial charge in [-0.25, -0.2) is 4.79 Å². The molecule has 0 rings (SSSR count). The van der Waals surface area contributed by atoms with Crippen molar-refractivity contribution in [2.24, 2.45) is 0 Å². The highest BCUT2D eigenvalue weighted by Gasteiger charge is 2.17. The average Bonchev–Trinajstić information content (AvgIpc) is 2.17. The number of carbonyl (C=O) groups excluding carboxylic acids is 2. The van der Waals surface area contributed by atoms with E-state index >= 15 is 0 Å². The first-order valence-corrected chi connectivity index (χ1v) is 4.10. The fraction of sp³-hybridized carbons (Fsp3) is 0.556. The summed E-state index contributed by atoms with van der Waals surface area (Å²) in [4.78, 5) is 22.2. The Labute approximate surface area is 77.5 Å². The zero-order chi connectivity index (χ0) is 10.3. The summed E-state index contributed by atoms with van der Waals surface area (Å²) in [7, 11) is 1.23. The topological polar surface area (TPSA) is 52.6 Å². The van der Waals surface area contributed by atoms with Gasteiger partial charge in [-0.3, -0.25) is 4.79 Å². The molecule has 0 aliphatic carbocycles. The van der Waals surface area contributed by atoms with Crippen molar-refractivity contribution in [1.29, 1.82) is 0 Å². The second-order valence-corrected chi connectivity index (χ2v) is 2.26. The molecule has 0 saturated heterocycles. The van der Waals surface area contributed by atoms with Gasteiger partial charge in [0.25, 0.3) is 0 Å². The lowest BCUT2D eigenvalue weighted by atomic mass is 10.1. The van der Waals surface area contributed by atoms with Crippen molar-refractivity contribution in [2.75, 3.05) is 13.7 Å². The second-order valence-electron chi connectivity index (χ2n) is 2.26. The molecule has 4 heteroatoms. The number of hydrogen-bond acceptors (Lipinski definition) is 4. The van der Waals surface area contributed by atoms with Crippen molar-refractivity contribution in [1.82, 2.24) is 0 Å². The zero-order valence-corrected chi connectivity index (χ0v) is 8.12. The maximum Gasteiger partial charge on any atom is 0.344 e. The van der Waals surface area contributed by atoms with Crippen LogP contribution in [0.15, 0.2) is 11.8 Å². The van der Waals surface area contributed by atoms with Crippen LogP contribution in [-0.4, -0.2) is 25.5 Å². The molecule has 13 heavy (non-hydrogen) atoms. The largest absolute Gasteiger partial charge is 0.500 e. The molecule has 0 heterocycles. The minimum Gasteiger partial charge on any atom is -0.500 e. The van der Waals surface area contributed by atoms with Crippen molar-refractivity contribution in [2.45, 2.75) is 20.3 Å². The van der Waals surface area contributed by atoms with Gasteiger partial charge in [0.1, 0.15) is 11.8 Å². The summed E-state index contributed by atoms with van der Waals surface area (Å²) >= 11 is 0. The monoisotopic (exact) mass is 186 g/mol. The van der Waals surface area contributed by atoms with E-state index in [0.29, 0.717) is 6.61 Å². The van der Waals surface area contributed by atoms with Crippen LogP contribution in [-0.2, 0) is 19.1 Å². The van der Waals surface area contributed by atoms with Gasteiger partial charge in [0, 0.05) is 6.42 Å². The highest BCUT2D eigenvalue weighted by molar-refractivity contribution is 6.16. The Bertz CT molecular complexity index is 200. The third-order valence-electron chi connectivity index (χ3n) is 1.39. The summed E-state index contributed by atoms with van der Waals surface area (Å²) in [5.41, 5.74) is -0.0353. The third kappa shape index (κ3) is 3.73. The molecule has 0 bridgehead atoms. The number of Topliss-reactive ketones (excluding diaryl/α,β-unsaturated/α-hetero) is 1. The molecule has 0 aromatic heterocycles. The van der Waals surface area contributed by atoms with E-state index in [1.54, 1.807) is 13.8 Å². The summed E-state index contributed by atoms with van der Waals surface area (Å²) in [6.45, 7) is 3.85. The Morgan fingerprint density at radius 1 is 1.31 bits per heavy atom. The molecule has 0 atom stereocenters. The van der Waals surface area contributed by atoms with E-state index in [-0.39, 0.29) is 17.8 Å². The lowest BCUT2D eigenvalue weighted by Gasteiger charge is -2.02. The summed E-state index contributed by atoms with van der Waals surface area (Å²) in [5, 5.41) is 0. The highest BCUT2D eigenvalue weighted by Crippen LogP contribution is 2.02. The lowest BCUT2D eigenvalue weighted by molar-refractivity contribution is -0.138. The van der Waals surface area contributed by atoms with E-state index in [1.807, 2.05) is 0 Å². The Kier molecular flexibility index (Phi) is 5.59. The minimum atomic E-state index is -0.653. The molecule has 74 valence electrons. The fourth-order valence-corrected chi connectivity index (χ4v) is 0.695. The molecule has 0 aliphatic heterocycles. The van der Waals surface area contributed by atoms with E-state index < -0.39 is 5.97 Å². The molecule has 0 aromatic rings. The first-order chi connectivity index (χ1) is 6.17. The second kappa shape index (κ2) is 6.22. The number of rotatable bonds is 5. The minimum absolute atomic E-state index is 0.0353. The SMILES string of the molecule is CCOC=C(C(=O)CC)C(=O)OC. The van der Waals surface area contributed by atoms with Crippen LogP contribution in [0.2, 0.25) is 0 Å². The van der Waals surface area contributed by atoms with Gasteiger partial charge in [-0.15, -0.1) is 0 Å². The number of ketones is 1. The third-order valence-corrected chi connectivity index (χ3v) is 1.39. The van der Waals surface area contributed by atoms with E-state index in [9.17, 15) is 9.59 Å². The molecule has 0 spiro atoms. The molecule has 0 fully saturated rings. The standard InChI is InChI=1S/C9H14O4/c1-4-8(10)7(6-13-5-2)9(11)12-3/h6H,4-5H2,1-3H3. The molecular formula is C9H14O4. The van der Waals surface area contributed by atoms with Crippen molar-refractivity contribution in [3.63, 3.8) is 0 Å². The summed E-state index contributed by atoms with van der Waals surface area (Å²) in [5.74, 6) is -0.930. The number of methoxy groups -OCH3 is 1. The maximum absolute atomic E-state index is 11.2. The lowest BCUT2D eigenvalue weighted by Crippen LogP contribution is -2.14. The molecule has 0 aromatic carbocycles. The fourth-order valence-electron chi connectivity index (χ4n) is 0.695. The van der Waals surface area contributed by atoms with Gasteiger partial charge in [-0.1, -0.05) is 6.92 Å². The molecule has 0 aliphatic rings. The van der Waals surface area contributed by atoms with Gasteiger partial charge in [-0.2, -0.15) is 0 Å². The Balaban J connectivity index is 4.54. The Morgan fingerprint density at radius 2 is 1.92 bits per heavy atom. The molecule has 0 unspecified atom stereocenters. The first kappa shape index (κ1) is 11.7. The zero-order valence-electron chi connectivity index (χ0n) is 8.12. The Hall–Kier alpha value is -1.32. The molecule has 0 N–H and O–H groups in total. The number of esters is 1. The van der Waals surface area contributed by atoms with Crippen LogP contribution in [0.3, 0.4) is 0 Å². The van der Waals surface area contributed by atoms with Crippen molar-refractivity contribution >= 4 is 11.8 Å². The van der Waals surface area contributed by atoms with Gasteiger partial charge in [0.15, 0.2) is 5.78 Å². The van der Waals surface area contributed by atoms with E-state index in [4.69, 9.17) is 4.74 Å².